The van der Waals surface area contributed by atoms with Crippen LogP contribution in [0, 0.1) is 0 Å². The number of carbonyl (C=O) groups excluding carboxylic acids is 1. The van der Waals surface area contributed by atoms with Crippen molar-refractivity contribution in [2.75, 3.05) is 0 Å². The predicted molar refractivity (Wildman–Crippen MR) is 108 cm³/mol. The van der Waals surface area contributed by atoms with Gasteiger partial charge in [0.2, 0.25) is 0 Å². The molecule has 1 nitrogen and oxygen atoms in total. The van der Waals surface area contributed by atoms with Gasteiger partial charge in [-0.05, 0) is 50.2 Å². The fourth-order valence-electron chi connectivity index (χ4n) is 1.75. The van der Waals surface area contributed by atoms with E-state index in [-0.39, 0.29) is 5.78 Å². The molecule has 0 heterocycles. The minimum Gasteiger partial charge on any atom is -0.290 e. The lowest BCUT2D eigenvalue weighted by Gasteiger charge is -1.94. The van der Waals surface area contributed by atoms with Crippen LogP contribution >= 0.6 is 0 Å². The Balaban J connectivity index is -0.000000595. The van der Waals surface area contributed by atoms with E-state index in [0.717, 1.165) is 44.1 Å². The summed E-state index contributed by atoms with van der Waals surface area (Å²) in [5.41, 5.74) is 0.972. The second-order valence-corrected chi connectivity index (χ2v) is 4.22. The zero-order valence-corrected chi connectivity index (χ0v) is 16.7. The Morgan fingerprint density at radius 1 is 0.913 bits per heavy atom. The Hall–Kier alpha value is -1.37. The van der Waals surface area contributed by atoms with Crippen molar-refractivity contribution >= 4 is 5.78 Å². The highest BCUT2D eigenvalue weighted by Gasteiger charge is 2.08. The van der Waals surface area contributed by atoms with Crippen LogP contribution in [0.4, 0.5) is 0 Å². The summed E-state index contributed by atoms with van der Waals surface area (Å²) in [6.45, 7) is 14.1. The van der Waals surface area contributed by atoms with Crippen LogP contribution < -0.4 is 0 Å². The first-order valence-electron chi connectivity index (χ1n) is 9.54. The predicted octanol–water partition coefficient (Wildman–Crippen LogP) is 7.60. The molecule has 0 saturated heterocycles. The number of allylic oxidation sites excluding steroid dienone is 8. The zero-order valence-electron chi connectivity index (χ0n) is 16.7. The van der Waals surface area contributed by atoms with Crippen LogP contribution in [-0.2, 0) is 4.79 Å². The Labute approximate surface area is 146 Å². The molecule has 23 heavy (non-hydrogen) atoms. The van der Waals surface area contributed by atoms with Crippen molar-refractivity contribution in [1.82, 2.24) is 0 Å². The molecule has 0 aromatic rings. The molecular weight excluding hydrogens is 280 g/mol. The average molecular weight is 321 g/mol. The zero-order chi connectivity index (χ0) is 18.3. The molecule has 0 aromatic heterocycles. The monoisotopic (exact) mass is 320 g/mol. The van der Waals surface area contributed by atoms with Crippen molar-refractivity contribution in [3.8, 4) is 0 Å². The quantitative estimate of drug-likeness (QED) is 0.268. The standard InChI is InChI=1S/C16H22O.3C2H6/c1-2-3-4-5-6-7-8-9-10-12-15-13-11-14-16(15)17;3*1-2/h3-4,6-7,11-12,14H,2,5,8-10,13H2,1H3;3*1-2H3/b4-3-,7-6-,15-12+;;;. The highest BCUT2D eigenvalue weighted by molar-refractivity contribution is 6.06. The van der Waals surface area contributed by atoms with Gasteiger partial charge in [-0.1, -0.05) is 84.9 Å². The maximum absolute atomic E-state index is 11.3. The number of carbonyl (C=O) groups is 1. The van der Waals surface area contributed by atoms with Gasteiger partial charge in [0.1, 0.15) is 0 Å². The number of rotatable bonds is 7. The molecule has 0 radical (unpaired) electrons. The minimum atomic E-state index is 0.199. The minimum absolute atomic E-state index is 0.199. The molecule has 134 valence electrons. The van der Waals surface area contributed by atoms with Gasteiger partial charge in [-0.15, -0.1) is 0 Å². The van der Waals surface area contributed by atoms with Gasteiger partial charge < -0.3 is 0 Å². The number of hydrogen-bond donors (Lipinski definition) is 0. The summed E-state index contributed by atoms with van der Waals surface area (Å²) in [5, 5.41) is 0. The van der Waals surface area contributed by atoms with Crippen LogP contribution in [-0.4, -0.2) is 5.78 Å². The van der Waals surface area contributed by atoms with E-state index in [1.54, 1.807) is 6.08 Å². The van der Waals surface area contributed by atoms with E-state index in [0.29, 0.717) is 0 Å². The molecule has 1 aliphatic carbocycles. The molecule has 0 aromatic carbocycles. The fraction of sp³-hybridized carbons (Fsp3) is 0.591. The molecule has 1 heteroatoms. The van der Waals surface area contributed by atoms with Crippen molar-refractivity contribution in [1.29, 1.82) is 0 Å². The van der Waals surface area contributed by atoms with Crippen molar-refractivity contribution in [2.24, 2.45) is 0 Å². The second-order valence-electron chi connectivity index (χ2n) is 4.22. The third-order valence-electron chi connectivity index (χ3n) is 2.73. The molecule has 1 rings (SSSR count). The highest BCUT2D eigenvalue weighted by atomic mass is 16.1. The maximum atomic E-state index is 11.3. The van der Waals surface area contributed by atoms with E-state index in [1.807, 2.05) is 47.6 Å². The van der Waals surface area contributed by atoms with E-state index in [9.17, 15) is 4.79 Å². The largest absolute Gasteiger partial charge is 0.290 e. The van der Waals surface area contributed by atoms with Crippen LogP contribution in [0.2, 0.25) is 0 Å². The van der Waals surface area contributed by atoms with Gasteiger partial charge in [-0.2, -0.15) is 0 Å². The molecule has 0 N–H and O–H groups in total. The number of unbranched alkanes of at least 4 members (excludes halogenated alkanes) is 2. The molecule has 0 amide bonds. The van der Waals surface area contributed by atoms with E-state index in [2.05, 4.69) is 37.3 Å². The third kappa shape index (κ3) is 18.6. The van der Waals surface area contributed by atoms with E-state index in [4.69, 9.17) is 0 Å². The van der Waals surface area contributed by atoms with E-state index in [1.165, 1.54) is 0 Å². The third-order valence-corrected chi connectivity index (χ3v) is 2.73. The van der Waals surface area contributed by atoms with Gasteiger partial charge in [-0.3, -0.25) is 4.79 Å². The first kappa shape index (κ1) is 26.5. The molecule has 0 bridgehead atoms. The fourth-order valence-corrected chi connectivity index (χ4v) is 1.75. The Bertz CT molecular complexity index is 343. The highest BCUT2D eigenvalue weighted by Crippen LogP contribution is 2.14. The van der Waals surface area contributed by atoms with Crippen molar-refractivity contribution in [3.63, 3.8) is 0 Å². The Morgan fingerprint density at radius 2 is 1.52 bits per heavy atom. The van der Waals surface area contributed by atoms with Gasteiger partial charge in [0.05, 0.1) is 0 Å². The van der Waals surface area contributed by atoms with Crippen molar-refractivity contribution in [2.45, 2.75) is 87.0 Å². The number of hydrogen-bond acceptors (Lipinski definition) is 1. The summed E-state index contributed by atoms with van der Waals surface area (Å²) in [6, 6.07) is 0. The average Bonchev–Trinajstić information content (AvgIpc) is 3.04. The molecule has 0 atom stereocenters. The first-order valence-corrected chi connectivity index (χ1v) is 9.54. The maximum Gasteiger partial charge on any atom is 0.181 e. The van der Waals surface area contributed by atoms with Gasteiger partial charge in [0.15, 0.2) is 5.78 Å². The second kappa shape index (κ2) is 25.6. The molecule has 0 spiro atoms. The summed E-state index contributed by atoms with van der Waals surface area (Å²) in [6.07, 6.45) is 20.8. The summed E-state index contributed by atoms with van der Waals surface area (Å²) in [5.74, 6) is 0.199. The van der Waals surface area contributed by atoms with Crippen LogP contribution in [0.3, 0.4) is 0 Å². The summed E-state index contributed by atoms with van der Waals surface area (Å²) >= 11 is 0. The smallest absolute Gasteiger partial charge is 0.181 e. The van der Waals surface area contributed by atoms with Gasteiger partial charge >= 0.3 is 0 Å². The van der Waals surface area contributed by atoms with Crippen molar-refractivity contribution < 1.29 is 4.79 Å². The summed E-state index contributed by atoms with van der Waals surface area (Å²) < 4.78 is 0. The lowest BCUT2D eigenvalue weighted by molar-refractivity contribution is -0.111. The van der Waals surface area contributed by atoms with Crippen LogP contribution in [0.15, 0.2) is 48.1 Å². The Morgan fingerprint density at radius 3 is 2.04 bits per heavy atom. The molecule has 0 unspecified atom stereocenters. The van der Waals surface area contributed by atoms with Crippen LogP contribution in [0.25, 0.3) is 0 Å². The molecule has 1 aliphatic rings. The summed E-state index contributed by atoms with van der Waals surface area (Å²) in [4.78, 5) is 11.3. The SMILES string of the molecule is CC.CC.CC.CC/C=C\C/C=C\CCC/C=C1\CC=CC1=O. The lowest BCUT2D eigenvalue weighted by atomic mass is 10.1. The van der Waals surface area contributed by atoms with E-state index >= 15 is 0 Å². The molecular formula is C22H40O. The molecule has 0 saturated carbocycles. The normalized spacial score (nSPS) is 14.2. The van der Waals surface area contributed by atoms with E-state index < -0.39 is 0 Å². The molecule has 0 aliphatic heterocycles. The molecule has 0 fully saturated rings. The van der Waals surface area contributed by atoms with Crippen LogP contribution in [0.1, 0.15) is 87.0 Å². The number of ketones is 1. The van der Waals surface area contributed by atoms with Gasteiger partial charge in [0, 0.05) is 0 Å². The first-order chi connectivity index (χ1) is 11.3. The van der Waals surface area contributed by atoms with Gasteiger partial charge in [0.25, 0.3) is 0 Å². The lowest BCUT2D eigenvalue weighted by Crippen LogP contribution is -1.90. The van der Waals surface area contributed by atoms with Crippen LogP contribution in [0.5, 0.6) is 0 Å². The Kier molecular flexibility index (Phi) is 29.5. The van der Waals surface area contributed by atoms with Gasteiger partial charge in [-0.25, -0.2) is 0 Å². The topological polar surface area (TPSA) is 17.1 Å². The summed E-state index contributed by atoms with van der Waals surface area (Å²) in [7, 11) is 0. The van der Waals surface area contributed by atoms with Crippen molar-refractivity contribution in [3.05, 3.63) is 48.1 Å².